The zero-order valence-electron chi connectivity index (χ0n) is 13.4. The summed E-state index contributed by atoms with van der Waals surface area (Å²) < 4.78 is 19.3. The van der Waals surface area contributed by atoms with Crippen LogP contribution in [0.2, 0.25) is 0 Å². The summed E-state index contributed by atoms with van der Waals surface area (Å²) in [5, 5.41) is 0. The zero-order chi connectivity index (χ0) is 16.6. The van der Waals surface area contributed by atoms with E-state index in [9.17, 15) is 14.0 Å². The van der Waals surface area contributed by atoms with Crippen LogP contribution in [0.1, 0.15) is 30.1 Å². The molecule has 0 aliphatic carbocycles. The fourth-order valence-corrected chi connectivity index (χ4v) is 3.60. The van der Waals surface area contributed by atoms with E-state index in [1.807, 2.05) is 0 Å². The molecule has 0 unspecified atom stereocenters. The normalized spacial score (nSPS) is 23.9. The first kappa shape index (κ1) is 15.8. The maximum absolute atomic E-state index is 14.0. The fourth-order valence-electron chi connectivity index (χ4n) is 3.60. The number of rotatable bonds is 3. The van der Waals surface area contributed by atoms with E-state index in [4.69, 9.17) is 4.74 Å². The van der Waals surface area contributed by atoms with Gasteiger partial charge in [-0.3, -0.25) is 9.59 Å². The van der Waals surface area contributed by atoms with Crippen LogP contribution in [0.4, 0.5) is 4.39 Å². The Morgan fingerprint density at radius 3 is 2.96 bits per heavy atom. The van der Waals surface area contributed by atoms with E-state index in [1.165, 1.54) is 12.1 Å². The lowest BCUT2D eigenvalue weighted by atomic mass is 9.91. The molecule has 0 saturated carbocycles. The summed E-state index contributed by atoms with van der Waals surface area (Å²) in [5.41, 5.74) is 0.231. The smallest absolute Gasteiger partial charge is 0.258 e. The molecule has 2 amide bonds. The molecule has 2 fully saturated rings. The van der Waals surface area contributed by atoms with Gasteiger partial charge in [0.2, 0.25) is 5.91 Å². The van der Waals surface area contributed by atoms with Crippen LogP contribution in [0, 0.1) is 11.7 Å². The molecule has 2 atom stereocenters. The van der Waals surface area contributed by atoms with Gasteiger partial charge in [-0.05, 0) is 31.9 Å². The summed E-state index contributed by atoms with van der Waals surface area (Å²) in [6.45, 7) is 3.16. The van der Waals surface area contributed by atoms with Crippen molar-refractivity contribution in [2.75, 3.05) is 26.7 Å². The number of hydrogen-bond acceptors (Lipinski definition) is 3. The molecular weight excluding hydrogens is 299 g/mol. The maximum Gasteiger partial charge on any atom is 0.258 e. The quantitative estimate of drug-likeness (QED) is 0.855. The highest BCUT2D eigenvalue weighted by atomic mass is 19.1. The van der Waals surface area contributed by atoms with Gasteiger partial charge >= 0.3 is 0 Å². The van der Waals surface area contributed by atoms with Gasteiger partial charge in [0.05, 0.1) is 24.1 Å². The highest BCUT2D eigenvalue weighted by Crippen LogP contribution is 2.33. The molecule has 124 valence electrons. The van der Waals surface area contributed by atoms with E-state index >= 15 is 0 Å². The van der Waals surface area contributed by atoms with Crippen molar-refractivity contribution in [2.24, 2.45) is 5.92 Å². The molecule has 1 aromatic rings. The van der Waals surface area contributed by atoms with Crippen LogP contribution in [0.25, 0.3) is 0 Å². The van der Waals surface area contributed by atoms with Crippen LogP contribution < -0.4 is 4.74 Å². The molecular formula is C17H21FN2O3. The molecule has 2 saturated heterocycles. The summed E-state index contributed by atoms with van der Waals surface area (Å²) >= 11 is 0. The molecule has 2 aliphatic heterocycles. The second kappa shape index (κ2) is 6.18. The lowest BCUT2D eigenvalue weighted by Gasteiger charge is -2.36. The van der Waals surface area contributed by atoms with Crippen LogP contribution in [-0.4, -0.2) is 54.4 Å². The van der Waals surface area contributed by atoms with Crippen LogP contribution in [0.3, 0.4) is 0 Å². The number of hydrogen-bond donors (Lipinski definition) is 0. The van der Waals surface area contributed by atoms with Crippen molar-refractivity contribution >= 4 is 11.8 Å². The van der Waals surface area contributed by atoms with E-state index in [0.717, 1.165) is 12.8 Å². The van der Waals surface area contributed by atoms with E-state index in [0.29, 0.717) is 13.1 Å². The zero-order valence-corrected chi connectivity index (χ0v) is 13.4. The number of amides is 2. The first-order valence-corrected chi connectivity index (χ1v) is 8.01. The minimum atomic E-state index is -0.536. The molecule has 3 rings (SSSR count). The number of likely N-dealkylation sites (tertiary alicyclic amines) is 2. The molecule has 5 nitrogen and oxygen atoms in total. The monoisotopic (exact) mass is 320 g/mol. The second-order valence-corrected chi connectivity index (χ2v) is 6.08. The number of likely N-dealkylation sites (N-methyl/N-ethyl adjacent to an activating group) is 1. The lowest BCUT2D eigenvalue weighted by molar-refractivity contribution is -0.130. The van der Waals surface area contributed by atoms with Crippen molar-refractivity contribution < 1.29 is 18.7 Å². The Kier molecular flexibility index (Phi) is 4.24. The lowest BCUT2D eigenvalue weighted by Crippen LogP contribution is -2.48. The van der Waals surface area contributed by atoms with Gasteiger partial charge in [0.1, 0.15) is 0 Å². The number of carbonyl (C=O) groups is 2. The number of carbonyl (C=O) groups excluding carboxylic acids is 2. The Bertz CT molecular complexity index is 634. The van der Waals surface area contributed by atoms with Crippen molar-refractivity contribution in [1.82, 2.24) is 9.80 Å². The van der Waals surface area contributed by atoms with Crippen LogP contribution in [0.15, 0.2) is 18.2 Å². The summed E-state index contributed by atoms with van der Waals surface area (Å²) in [4.78, 5) is 28.5. The Labute approximate surface area is 135 Å². The van der Waals surface area contributed by atoms with Crippen molar-refractivity contribution in [2.45, 2.75) is 25.8 Å². The largest absolute Gasteiger partial charge is 0.490 e. The van der Waals surface area contributed by atoms with Gasteiger partial charge in [-0.2, -0.15) is 0 Å². The highest BCUT2D eigenvalue weighted by Gasteiger charge is 2.45. The molecule has 2 aliphatic rings. The van der Waals surface area contributed by atoms with Gasteiger partial charge in [-0.1, -0.05) is 6.07 Å². The predicted molar refractivity (Wildman–Crippen MR) is 82.8 cm³/mol. The second-order valence-electron chi connectivity index (χ2n) is 6.08. The number of halogens is 1. The summed E-state index contributed by atoms with van der Waals surface area (Å²) in [5.74, 6) is -0.838. The number of piperidine rings is 1. The van der Waals surface area contributed by atoms with E-state index < -0.39 is 5.82 Å². The summed E-state index contributed by atoms with van der Waals surface area (Å²) in [6, 6.07) is 4.25. The van der Waals surface area contributed by atoms with E-state index in [1.54, 1.807) is 29.8 Å². The van der Waals surface area contributed by atoms with Gasteiger partial charge in [-0.15, -0.1) is 0 Å². The predicted octanol–water partition coefficient (Wildman–Crippen LogP) is 1.92. The van der Waals surface area contributed by atoms with E-state index in [-0.39, 0.29) is 41.7 Å². The third kappa shape index (κ3) is 2.66. The van der Waals surface area contributed by atoms with Crippen molar-refractivity contribution in [1.29, 1.82) is 0 Å². The Morgan fingerprint density at radius 2 is 2.22 bits per heavy atom. The Morgan fingerprint density at radius 1 is 1.43 bits per heavy atom. The van der Waals surface area contributed by atoms with Gasteiger partial charge in [-0.25, -0.2) is 4.39 Å². The van der Waals surface area contributed by atoms with Crippen molar-refractivity contribution in [3.63, 3.8) is 0 Å². The Hall–Kier alpha value is -2.11. The molecule has 0 radical (unpaired) electrons. The van der Waals surface area contributed by atoms with Crippen molar-refractivity contribution in [3.8, 4) is 5.75 Å². The van der Waals surface area contributed by atoms with Crippen LogP contribution in [0.5, 0.6) is 5.75 Å². The fraction of sp³-hybridized carbons (Fsp3) is 0.529. The standard InChI is InChI=1S/C17H21FN2O3/c1-3-23-15-12(6-4-8-13(15)18)17(22)20-9-5-7-11-14(20)10-19(2)16(11)21/h4,6,8,11,14H,3,5,7,9-10H2,1-2H3/t11-,14-/m1/s1. The molecule has 0 aromatic heterocycles. The SMILES string of the molecule is CCOc1c(F)cccc1C(=O)N1CCC[C@H]2C(=O)N(C)C[C@H]21. The van der Waals surface area contributed by atoms with Crippen LogP contribution in [-0.2, 0) is 4.79 Å². The molecule has 0 spiro atoms. The minimum absolute atomic E-state index is 0.000184. The summed E-state index contributed by atoms with van der Waals surface area (Å²) in [7, 11) is 1.76. The molecule has 2 heterocycles. The highest BCUT2D eigenvalue weighted by molar-refractivity contribution is 5.98. The third-order valence-corrected chi connectivity index (χ3v) is 4.68. The first-order chi connectivity index (χ1) is 11.0. The van der Waals surface area contributed by atoms with E-state index in [2.05, 4.69) is 0 Å². The number of nitrogens with zero attached hydrogens (tertiary/aromatic N) is 2. The molecule has 0 N–H and O–H groups in total. The molecule has 23 heavy (non-hydrogen) atoms. The molecule has 6 heteroatoms. The average Bonchev–Trinajstić information content (AvgIpc) is 2.84. The van der Waals surface area contributed by atoms with Crippen LogP contribution >= 0.6 is 0 Å². The number of ether oxygens (including phenoxy) is 1. The van der Waals surface area contributed by atoms with Crippen molar-refractivity contribution in [3.05, 3.63) is 29.6 Å². The Balaban J connectivity index is 1.91. The summed E-state index contributed by atoms with van der Waals surface area (Å²) in [6.07, 6.45) is 1.59. The van der Waals surface area contributed by atoms with Gasteiger partial charge in [0.15, 0.2) is 11.6 Å². The van der Waals surface area contributed by atoms with Gasteiger partial charge in [0.25, 0.3) is 5.91 Å². The topological polar surface area (TPSA) is 49.9 Å². The van der Waals surface area contributed by atoms with Gasteiger partial charge < -0.3 is 14.5 Å². The average molecular weight is 320 g/mol. The third-order valence-electron chi connectivity index (χ3n) is 4.68. The number of fused-ring (bicyclic) bond motifs is 1. The van der Waals surface area contributed by atoms with Gasteiger partial charge in [0, 0.05) is 20.1 Å². The number of para-hydroxylation sites is 1. The molecule has 1 aromatic carbocycles. The molecule has 0 bridgehead atoms. The first-order valence-electron chi connectivity index (χ1n) is 8.01. The minimum Gasteiger partial charge on any atom is -0.490 e. The maximum atomic E-state index is 14.0. The number of benzene rings is 1.